The average Bonchev–Trinajstić information content (AvgIpc) is 3.24. The van der Waals surface area contributed by atoms with E-state index in [4.69, 9.17) is 4.74 Å². The van der Waals surface area contributed by atoms with Gasteiger partial charge in [-0.05, 0) is 31.0 Å². The number of carbonyl (C=O) groups is 3. The number of ether oxygens (including phenoxy) is 1. The highest BCUT2D eigenvalue weighted by molar-refractivity contribution is 6.01. The van der Waals surface area contributed by atoms with E-state index in [2.05, 4.69) is 10.3 Å². The maximum absolute atomic E-state index is 12.9. The normalized spacial score (nSPS) is 16.9. The number of nitrogens with zero attached hydrogens (tertiary/aromatic N) is 3. The molecule has 3 heterocycles. The molecule has 0 radical (unpaired) electrons. The van der Waals surface area contributed by atoms with Gasteiger partial charge < -0.3 is 19.5 Å². The topological polar surface area (TPSA) is 93.5 Å². The SMILES string of the molecule is O=C1COc2ccc(C(=O)C3CCN(C(=O)CCn4ccnc4)CC3)cc2N1. The number of amides is 2. The number of benzene rings is 1. The van der Waals surface area contributed by atoms with Crippen molar-refractivity contribution < 1.29 is 19.1 Å². The maximum Gasteiger partial charge on any atom is 0.262 e. The van der Waals surface area contributed by atoms with Gasteiger partial charge >= 0.3 is 0 Å². The lowest BCUT2D eigenvalue weighted by Gasteiger charge is -2.31. The van der Waals surface area contributed by atoms with Gasteiger partial charge in [0.15, 0.2) is 12.4 Å². The number of piperidine rings is 1. The summed E-state index contributed by atoms with van der Waals surface area (Å²) in [6.07, 6.45) is 6.96. The summed E-state index contributed by atoms with van der Waals surface area (Å²) in [5.41, 5.74) is 1.10. The van der Waals surface area contributed by atoms with Crippen LogP contribution >= 0.6 is 0 Å². The van der Waals surface area contributed by atoms with Crippen molar-refractivity contribution in [2.24, 2.45) is 5.92 Å². The van der Waals surface area contributed by atoms with Crippen molar-refractivity contribution in [2.45, 2.75) is 25.8 Å². The summed E-state index contributed by atoms with van der Waals surface area (Å²) in [5, 5.41) is 2.73. The second-order valence-corrected chi connectivity index (χ2v) is 7.12. The zero-order chi connectivity index (χ0) is 19.5. The summed E-state index contributed by atoms with van der Waals surface area (Å²) in [5.74, 6) is 0.395. The van der Waals surface area contributed by atoms with Crippen molar-refractivity contribution in [1.29, 1.82) is 0 Å². The second-order valence-electron chi connectivity index (χ2n) is 7.12. The molecule has 0 saturated carbocycles. The van der Waals surface area contributed by atoms with E-state index >= 15 is 0 Å². The van der Waals surface area contributed by atoms with Crippen molar-refractivity contribution in [1.82, 2.24) is 14.5 Å². The predicted octanol–water partition coefficient (Wildman–Crippen LogP) is 1.73. The van der Waals surface area contributed by atoms with Crippen molar-refractivity contribution >= 4 is 23.3 Å². The fourth-order valence-electron chi connectivity index (χ4n) is 3.67. The van der Waals surface area contributed by atoms with E-state index in [1.54, 1.807) is 30.7 Å². The highest BCUT2D eigenvalue weighted by Crippen LogP contribution is 2.30. The van der Waals surface area contributed by atoms with Gasteiger partial charge in [0.05, 0.1) is 12.0 Å². The molecule has 2 aliphatic heterocycles. The van der Waals surface area contributed by atoms with Crippen LogP contribution in [0, 0.1) is 5.92 Å². The Morgan fingerprint density at radius 1 is 1.25 bits per heavy atom. The summed E-state index contributed by atoms with van der Waals surface area (Å²) in [6, 6.07) is 5.13. The quantitative estimate of drug-likeness (QED) is 0.795. The Labute approximate surface area is 162 Å². The number of aryl methyl sites for hydroxylation is 1. The molecular formula is C20H22N4O4. The van der Waals surface area contributed by atoms with Gasteiger partial charge in [0.2, 0.25) is 5.91 Å². The number of carbonyl (C=O) groups excluding carboxylic acids is 3. The van der Waals surface area contributed by atoms with Crippen LogP contribution in [0.2, 0.25) is 0 Å². The number of likely N-dealkylation sites (tertiary alicyclic amines) is 1. The molecule has 0 spiro atoms. The standard InChI is InChI=1S/C20H22N4O4/c25-18-12-28-17-2-1-15(11-16(17)22-18)20(27)14-3-8-24(9-4-14)19(26)5-7-23-10-6-21-13-23/h1-2,6,10-11,13-14H,3-5,7-9,12H2,(H,22,25). The van der Waals surface area contributed by atoms with Gasteiger partial charge in [0.1, 0.15) is 5.75 Å². The van der Waals surface area contributed by atoms with E-state index in [1.807, 2.05) is 15.7 Å². The van der Waals surface area contributed by atoms with E-state index in [-0.39, 0.29) is 30.1 Å². The van der Waals surface area contributed by atoms with Gasteiger partial charge in [-0.15, -0.1) is 0 Å². The third kappa shape index (κ3) is 3.90. The number of ketones is 1. The van der Waals surface area contributed by atoms with Gasteiger partial charge in [0, 0.05) is 49.9 Å². The van der Waals surface area contributed by atoms with Gasteiger partial charge in [-0.25, -0.2) is 4.98 Å². The van der Waals surface area contributed by atoms with Gasteiger partial charge in [-0.3, -0.25) is 14.4 Å². The van der Waals surface area contributed by atoms with Crippen LogP contribution in [-0.2, 0) is 16.1 Å². The smallest absolute Gasteiger partial charge is 0.262 e. The minimum Gasteiger partial charge on any atom is -0.482 e. The van der Waals surface area contributed by atoms with Crippen LogP contribution in [0.4, 0.5) is 5.69 Å². The summed E-state index contributed by atoms with van der Waals surface area (Å²) in [7, 11) is 0. The molecule has 2 aromatic rings. The molecule has 28 heavy (non-hydrogen) atoms. The molecule has 2 amide bonds. The number of hydrogen-bond donors (Lipinski definition) is 1. The first-order valence-corrected chi connectivity index (χ1v) is 9.44. The fraction of sp³-hybridized carbons (Fsp3) is 0.400. The largest absolute Gasteiger partial charge is 0.482 e. The minimum absolute atomic E-state index is 0.00632. The van der Waals surface area contributed by atoms with Crippen LogP contribution in [0.15, 0.2) is 36.9 Å². The summed E-state index contributed by atoms with van der Waals surface area (Å²) >= 11 is 0. The van der Waals surface area contributed by atoms with Gasteiger partial charge in [-0.2, -0.15) is 0 Å². The predicted molar refractivity (Wildman–Crippen MR) is 101 cm³/mol. The lowest BCUT2D eigenvalue weighted by molar-refractivity contribution is -0.132. The van der Waals surface area contributed by atoms with E-state index in [0.29, 0.717) is 55.9 Å². The first-order valence-electron chi connectivity index (χ1n) is 9.44. The third-order valence-electron chi connectivity index (χ3n) is 5.26. The number of aromatic nitrogens is 2. The molecule has 146 valence electrons. The molecule has 8 nitrogen and oxygen atoms in total. The lowest BCUT2D eigenvalue weighted by Crippen LogP contribution is -2.40. The Balaban J connectivity index is 1.32. The molecule has 8 heteroatoms. The van der Waals surface area contributed by atoms with Gasteiger partial charge in [-0.1, -0.05) is 0 Å². The summed E-state index contributed by atoms with van der Waals surface area (Å²) in [6.45, 7) is 1.78. The number of rotatable bonds is 5. The van der Waals surface area contributed by atoms with Crippen molar-refractivity contribution in [3.8, 4) is 5.75 Å². The van der Waals surface area contributed by atoms with E-state index in [9.17, 15) is 14.4 Å². The molecule has 4 rings (SSSR count). The molecule has 1 fully saturated rings. The number of anilines is 1. The molecule has 1 aromatic carbocycles. The Kier molecular flexibility index (Phi) is 5.10. The van der Waals surface area contributed by atoms with E-state index in [1.165, 1.54) is 0 Å². The number of nitrogens with one attached hydrogen (secondary N) is 1. The first kappa shape index (κ1) is 18.2. The fourth-order valence-corrected chi connectivity index (χ4v) is 3.67. The molecule has 1 N–H and O–H groups in total. The molecule has 0 atom stereocenters. The second kappa shape index (κ2) is 7.84. The molecule has 2 aliphatic rings. The zero-order valence-corrected chi connectivity index (χ0v) is 15.5. The highest BCUT2D eigenvalue weighted by atomic mass is 16.5. The van der Waals surface area contributed by atoms with Gasteiger partial charge in [0.25, 0.3) is 5.91 Å². The zero-order valence-electron chi connectivity index (χ0n) is 15.5. The molecule has 0 unspecified atom stereocenters. The summed E-state index contributed by atoms with van der Waals surface area (Å²) < 4.78 is 7.21. The van der Waals surface area contributed by atoms with Crippen molar-refractivity contribution in [3.63, 3.8) is 0 Å². The van der Waals surface area contributed by atoms with Crippen LogP contribution in [0.1, 0.15) is 29.6 Å². The van der Waals surface area contributed by atoms with E-state index in [0.717, 1.165) is 0 Å². The van der Waals surface area contributed by atoms with Crippen LogP contribution in [0.3, 0.4) is 0 Å². The maximum atomic E-state index is 12.9. The number of fused-ring (bicyclic) bond motifs is 1. The van der Waals surface area contributed by atoms with Crippen molar-refractivity contribution in [3.05, 3.63) is 42.5 Å². The number of imidazole rings is 1. The Morgan fingerprint density at radius 2 is 2.07 bits per heavy atom. The molecule has 0 aliphatic carbocycles. The number of Topliss-reactive ketones (excluding diaryl/α,β-unsaturated/α-hetero) is 1. The summed E-state index contributed by atoms with van der Waals surface area (Å²) in [4.78, 5) is 42.5. The molecule has 1 aromatic heterocycles. The van der Waals surface area contributed by atoms with Crippen LogP contribution in [-0.4, -0.2) is 51.7 Å². The van der Waals surface area contributed by atoms with Crippen LogP contribution < -0.4 is 10.1 Å². The number of hydrogen-bond acceptors (Lipinski definition) is 5. The average molecular weight is 382 g/mol. The minimum atomic E-state index is -0.223. The third-order valence-corrected chi connectivity index (χ3v) is 5.26. The highest BCUT2D eigenvalue weighted by Gasteiger charge is 2.28. The van der Waals surface area contributed by atoms with E-state index < -0.39 is 0 Å². The molecule has 1 saturated heterocycles. The van der Waals surface area contributed by atoms with Crippen LogP contribution in [0.25, 0.3) is 0 Å². The molecular weight excluding hydrogens is 360 g/mol. The Hall–Kier alpha value is -3.16. The first-order chi connectivity index (χ1) is 13.6. The van der Waals surface area contributed by atoms with Crippen LogP contribution in [0.5, 0.6) is 5.75 Å². The Morgan fingerprint density at radius 3 is 2.82 bits per heavy atom. The molecule has 0 bridgehead atoms. The Bertz CT molecular complexity index is 886. The lowest BCUT2D eigenvalue weighted by atomic mass is 9.88. The monoisotopic (exact) mass is 382 g/mol. The van der Waals surface area contributed by atoms with Crippen molar-refractivity contribution in [2.75, 3.05) is 25.0 Å².